The van der Waals surface area contributed by atoms with Gasteiger partial charge in [-0.15, -0.1) is 10.2 Å². The predicted molar refractivity (Wildman–Crippen MR) is 72.7 cm³/mol. The summed E-state index contributed by atoms with van der Waals surface area (Å²) in [6.07, 6.45) is 1.53. The summed E-state index contributed by atoms with van der Waals surface area (Å²) in [6.45, 7) is 1.79. The number of rotatable bonds is 4. The van der Waals surface area contributed by atoms with E-state index in [1.54, 1.807) is 13.0 Å². The molecule has 0 spiro atoms. The van der Waals surface area contributed by atoms with E-state index in [0.717, 1.165) is 17.8 Å². The number of aromatic nitrogens is 2. The molecule has 7 heteroatoms. The van der Waals surface area contributed by atoms with Crippen molar-refractivity contribution in [3.8, 4) is 11.5 Å². The molecule has 0 aliphatic rings. The van der Waals surface area contributed by atoms with Gasteiger partial charge in [-0.1, -0.05) is 23.9 Å². The summed E-state index contributed by atoms with van der Waals surface area (Å²) in [5.74, 6) is -0.506. The number of hydrogen-bond acceptors (Lipinski definition) is 5. The predicted octanol–water partition coefficient (Wildman–Crippen LogP) is 4.21. The molecule has 2 aromatic heterocycles. The Labute approximate surface area is 123 Å². The van der Waals surface area contributed by atoms with E-state index in [9.17, 15) is 8.78 Å². The van der Waals surface area contributed by atoms with Gasteiger partial charge < -0.3 is 8.83 Å². The van der Waals surface area contributed by atoms with Crippen LogP contribution in [0.1, 0.15) is 11.3 Å². The second kappa shape index (κ2) is 5.69. The second-order valence-corrected chi connectivity index (χ2v) is 5.19. The highest BCUT2D eigenvalue weighted by molar-refractivity contribution is 7.98. The summed E-state index contributed by atoms with van der Waals surface area (Å²) in [7, 11) is 0. The molecule has 0 N–H and O–H groups in total. The van der Waals surface area contributed by atoms with Crippen LogP contribution in [-0.4, -0.2) is 10.2 Å². The van der Waals surface area contributed by atoms with E-state index in [0.29, 0.717) is 17.2 Å². The monoisotopic (exact) mass is 308 g/mol. The maximum Gasteiger partial charge on any atom is 0.277 e. The van der Waals surface area contributed by atoms with Crippen molar-refractivity contribution >= 4 is 11.8 Å². The minimum absolute atomic E-state index is 0.204. The molecule has 0 saturated heterocycles. The molecule has 0 bridgehead atoms. The molecule has 0 fully saturated rings. The Hall–Kier alpha value is -2.15. The first-order valence-corrected chi connectivity index (χ1v) is 7.07. The van der Waals surface area contributed by atoms with Crippen molar-refractivity contribution in [1.82, 2.24) is 10.2 Å². The lowest BCUT2D eigenvalue weighted by molar-refractivity contribution is 0.463. The number of hydrogen-bond donors (Lipinski definition) is 0. The lowest BCUT2D eigenvalue weighted by Gasteiger charge is -2.00. The molecule has 0 aliphatic carbocycles. The Morgan fingerprint density at radius 2 is 2.05 bits per heavy atom. The summed E-state index contributed by atoms with van der Waals surface area (Å²) in [5, 5.41) is 8.06. The number of furan rings is 1. The molecule has 4 nitrogen and oxygen atoms in total. The average Bonchev–Trinajstić information content (AvgIpc) is 3.09. The van der Waals surface area contributed by atoms with Gasteiger partial charge in [-0.05, 0) is 19.1 Å². The third kappa shape index (κ3) is 2.82. The van der Waals surface area contributed by atoms with Gasteiger partial charge in [0, 0.05) is 11.3 Å². The van der Waals surface area contributed by atoms with Crippen LogP contribution in [-0.2, 0) is 5.75 Å². The summed E-state index contributed by atoms with van der Waals surface area (Å²) in [4.78, 5) is 0. The first-order valence-electron chi connectivity index (χ1n) is 6.09. The largest absolute Gasteiger partial charge is 0.469 e. The van der Waals surface area contributed by atoms with Gasteiger partial charge >= 0.3 is 0 Å². The van der Waals surface area contributed by atoms with Gasteiger partial charge in [0.15, 0.2) is 11.6 Å². The summed E-state index contributed by atoms with van der Waals surface area (Å²) in [6, 6.07) is 5.78. The number of thioether (sulfide) groups is 1. The van der Waals surface area contributed by atoms with Crippen LogP contribution in [0.25, 0.3) is 11.5 Å². The molecule has 1 aromatic carbocycles. The maximum absolute atomic E-state index is 13.5. The van der Waals surface area contributed by atoms with Crippen LogP contribution >= 0.6 is 11.8 Å². The van der Waals surface area contributed by atoms with E-state index in [2.05, 4.69) is 10.2 Å². The zero-order chi connectivity index (χ0) is 14.8. The van der Waals surface area contributed by atoms with Gasteiger partial charge in [0.2, 0.25) is 0 Å². The average molecular weight is 308 g/mol. The van der Waals surface area contributed by atoms with Gasteiger partial charge in [0.05, 0.1) is 11.8 Å². The third-order valence-electron chi connectivity index (χ3n) is 2.88. The molecular formula is C14H10F2N2O2S. The quantitative estimate of drug-likeness (QED) is 0.676. The summed E-state index contributed by atoms with van der Waals surface area (Å²) in [5.41, 5.74) is 0.963. The van der Waals surface area contributed by atoms with Crippen molar-refractivity contribution < 1.29 is 17.6 Å². The molecule has 3 aromatic rings. The second-order valence-electron chi connectivity index (χ2n) is 4.27. The smallest absolute Gasteiger partial charge is 0.277 e. The van der Waals surface area contributed by atoms with Crippen LogP contribution in [0.2, 0.25) is 0 Å². The Morgan fingerprint density at radius 3 is 2.81 bits per heavy atom. The van der Waals surface area contributed by atoms with Gasteiger partial charge in [-0.2, -0.15) is 0 Å². The molecule has 0 aliphatic heterocycles. The Balaban J connectivity index is 1.73. The van der Waals surface area contributed by atoms with Crippen molar-refractivity contribution in [3.05, 3.63) is 53.5 Å². The molecule has 21 heavy (non-hydrogen) atoms. The van der Waals surface area contributed by atoms with Gasteiger partial charge in [0.1, 0.15) is 5.76 Å². The standard InChI is InChI=1S/C14H10F2N2O2S/c1-8-10(5-6-19-8)13-17-18-14(20-13)21-7-9-3-2-4-11(15)12(9)16/h2-6H,7H2,1H3. The molecule has 2 heterocycles. The zero-order valence-electron chi connectivity index (χ0n) is 11.0. The fraction of sp³-hybridized carbons (Fsp3) is 0.143. The third-order valence-corrected chi connectivity index (χ3v) is 3.75. The lowest BCUT2D eigenvalue weighted by Crippen LogP contribution is -1.91. The van der Waals surface area contributed by atoms with Crippen molar-refractivity contribution in [2.45, 2.75) is 17.9 Å². The van der Waals surface area contributed by atoms with Crippen molar-refractivity contribution in [2.24, 2.45) is 0 Å². The molecule has 108 valence electrons. The zero-order valence-corrected chi connectivity index (χ0v) is 11.8. The normalized spacial score (nSPS) is 11.0. The van der Waals surface area contributed by atoms with Crippen LogP contribution in [0.4, 0.5) is 8.78 Å². The van der Waals surface area contributed by atoms with Crippen molar-refractivity contribution in [3.63, 3.8) is 0 Å². The summed E-state index contributed by atoms with van der Waals surface area (Å²) < 4.78 is 37.2. The lowest BCUT2D eigenvalue weighted by atomic mass is 10.2. The maximum atomic E-state index is 13.5. The molecule has 0 radical (unpaired) electrons. The minimum Gasteiger partial charge on any atom is -0.469 e. The van der Waals surface area contributed by atoms with E-state index in [1.807, 2.05) is 0 Å². The van der Waals surface area contributed by atoms with Gasteiger partial charge in [0.25, 0.3) is 11.1 Å². The van der Waals surface area contributed by atoms with Gasteiger partial charge in [-0.3, -0.25) is 0 Å². The number of benzene rings is 1. The first kappa shape index (κ1) is 13.8. The highest BCUT2D eigenvalue weighted by Gasteiger charge is 2.14. The van der Waals surface area contributed by atoms with Crippen LogP contribution < -0.4 is 0 Å². The number of nitrogens with zero attached hydrogens (tertiary/aromatic N) is 2. The van der Waals surface area contributed by atoms with Crippen LogP contribution in [0, 0.1) is 18.6 Å². The van der Waals surface area contributed by atoms with E-state index in [-0.39, 0.29) is 16.5 Å². The van der Waals surface area contributed by atoms with Crippen LogP contribution in [0.15, 0.2) is 44.6 Å². The summed E-state index contributed by atoms with van der Waals surface area (Å²) >= 11 is 1.14. The molecule has 3 rings (SSSR count). The Bertz CT molecular complexity index is 770. The fourth-order valence-corrected chi connectivity index (χ4v) is 2.52. The fourth-order valence-electron chi connectivity index (χ4n) is 1.78. The topological polar surface area (TPSA) is 52.1 Å². The minimum atomic E-state index is -0.867. The van der Waals surface area contributed by atoms with Crippen molar-refractivity contribution in [1.29, 1.82) is 0 Å². The van der Waals surface area contributed by atoms with Crippen LogP contribution in [0.3, 0.4) is 0 Å². The van der Waals surface area contributed by atoms with Gasteiger partial charge in [-0.25, -0.2) is 8.78 Å². The van der Waals surface area contributed by atoms with E-state index < -0.39 is 11.6 Å². The van der Waals surface area contributed by atoms with E-state index in [4.69, 9.17) is 8.83 Å². The molecule has 0 unspecified atom stereocenters. The molecular weight excluding hydrogens is 298 g/mol. The number of halogens is 2. The molecule has 0 saturated carbocycles. The van der Waals surface area contributed by atoms with E-state index >= 15 is 0 Å². The SMILES string of the molecule is Cc1occc1-c1nnc(SCc2cccc(F)c2F)o1. The molecule has 0 amide bonds. The van der Waals surface area contributed by atoms with E-state index in [1.165, 1.54) is 18.4 Å². The molecule has 0 atom stereocenters. The highest BCUT2D eigenvalue weighted by Crippen LogP contribution is 2.28. The first-order chi connectivity index (χ1) is 10.1. The van der Waals surface area contributed by atoms with Crippen LogP contribution in [0.5, 0.6) is 0 Å². The van der Waals surface area contributed by atoms with Crippen molar-refractivity contribution in [2.75, 3.05) is 0 Å². The Morgan fingerprint density at radius 1 is 1.19 bits per heavy atom. The number of aryl methyl sites for hydroxylation is 1. The highest BCUT2D eigenvalue weighted by atomic mass is 32.2. The Kier molecular flexibility index (Phi) is 3.74.